The van der Waals surface area contributed by atoms with Gasteiger partial charge in [0.2, 0.25) is 0 Å². The Morgan fingerprint density at radius 1 is 1.32 bits per heavy atom. The Morgan fingerprint density at radius 3 is 2.79 bits per heavy atom. The number of rotatable bonds is 6. The highest BCUT2D eigenvalue weighted by molar-refractivity contribution is 7.99. The molecule has 1 aliphatic rings. The Balaban J connectivity index is 2.14. The van der Waals surface area contributed by atoms with Crippen molar-refractivity contribution in [3.05, 3.63) is 11.9 Å². The second kappa shape index (κ2) is 7.70. The minimum Gasteiger partial charge on any atom is -0.381 e. The van der Waals surface area contributed by atoms with Crippen LogP contribution in [0.25, 0.3) is 0 Å². The lowest BCUT2D eigenvalue weighted by Crippen LogP contribution is -2.18. The van der Waals surface area contributed by atoms with E-state index >= 15 is 0 Å². The number of hydrogen-bond acceptors (Lipinski definition) is 5. The van der Waals surface area contributed by atoms with Crippen molar-refractivity contribution >= 4 is 17.6 Å². The minimum atomic E-state index is 0.633. The predicted molar refractivity (Wildman–Crippen MR) is 79.9 cm³/mol. The molecular weight excluding hydrogens is 258 g/mol. The molecule has 5 heteroatoms. The molecule has 4 nitrogen and oxygen atoms in total. The molecule has 0 atom stereocenters. The van der Waals surface area contributed by atoms with Crippen molar-refractivity contribution in [3.63, 3.8) is 0 Å². The number of nitrogens with one attached hydrogen (secondary N) is 1. The lowest BCUT2D eigenvalue weighted by molar-refractivity contribution is 0.1000. The minimum absolute atomic E-state index is 0.633. The summed E-state index contributed by atoms with van der Waals surface area (Å²) in [7, 11) is 0. The van der Waals surface area contributed by atoms with Crippen LogP contribution in [0, 0.1) is 0 Å². The number of anilines is 1. The van der Waals surface area contributed by atoms with Crippen LogP contribution in [0.3, 0.4) is 0 Å². The first kappa shape index (κ1) is 14.6. The van der Waals surface area contributed by atoms with Gasteiger partial charge in [0.25, 0.3) is 0 Å². The van der Waals surface area contributed by atoms with Crippen molar-refractivity contribution in [2.45, 2.75) is 49.8 Å². The van der Waals surface area contributed by atoms with E-state index in [1.807, 2.05) is 11.8 Å². The van der Waals surface area contributed by atoms with Crippen molar-refractivity contribution in [1.29, 1.82) is 0 Å². The van der Waals surface area contributed by atoms with Crippen LogP contribution in [0.1, 0.15) is 38.7 Å². The molecule has 0 radical (unpaired) electrons. The van der Waals surface area contributed by atoms with Crippen LogP contribution in [0.5, 0.6) is 0 Å². The molecule has 1 aliphatic heterocycles. The van der Waals surface area contributed by atoms with Gasteiger partial charge in [0.15, 0.2) is 0 Å². The first-order valence-electron chi connectivity index (χ1n) is 7.17. The van der Waals surface area contributed by atoms with E-state index in [-0.39, 0.29) is 0 Å². The first-order valence-corrected chi connectivity index (χ1v) is 8.05. The van der Waals surface area contributed by atoms with Gasteiger partial charge < -0.3 is 10.1 Å². The van der Waals surface area contributed by atoms with E-state index in [9.17, 15) is 0 Å². The Bertz CT molecular complexity index is 394. The van der Waals surface area contributed by atoms with E-state index in [2.05, 4.69) is 29.1 Å². The molecule has 2 rings (SSSR count). The smallest absolute Gasteiger partial charge is 0.133 e. The molecular formula is C14H23N3OS. The maximum atomic E-state index is 5.42. The van der Waals surface area contributed by atoms with Crippen LogP contribution in [0.4, 0.5) is 5.82 Å². The van der Waals surface area contributed by atoms with Crippen molar-refractivity contribution in [3.8, 4) is 0 Å². The molecule has 1 N–H and O–H groups in total. The van der Waals surface area contributed by atoms with Gasteiger partial charge in [-0.05, 0) is 26.2 Å². The normalized spacial score (nSPS) is 16.5. The fourth-order valence-corrected chi connectivity index (χ4v) is 3.44. The van der Waals surface area contributed by atoms with Crippen LogP contribution in [-0.2, 0) is 11.2 Å². The van der Waals surface area contributed by atoms with Crippen LogP contribution in [0.2, 0.25) is 0 Å². The van der Waals surface area contributed by atoms with Crippen LogP contribution in [-0.4, -0.2) is 35.0 Å². The summed E-state index contributed by atoms with van der Waals surface area (Å²) in [6.07, 6.45) is 6.08. The number of aromatic nitrogens is 2. The fourth-order valence-electron chi connectivity index (χ4n) is 2.24. The topological polar surface area (TPSA) is 47.0 Å². The molecule has 1 saturated heterocycles. The second-order valence-corrected chi connectivity index (χ2v) is 6.00. The summed E-state index contributed by atoms with van der Waals surface area (Å²) in [4.78, 5) is 8.89. The molecule has 1 fully saturated rings. The quantitative estimate of drug-likeness (QED) is 0.812. The van der Waals surface area contributed by atoms with E-state index < -0.39 is 0 Å². The Labute approximate surface area is 119 Å². The standard InChI is InChI=1S/C14H23N3OS/c1-3-5-12-13(15-4-2)16-10-17-14(12)19-11-6-8-18-9-7-11/h10-11H,3-9H2,1-2H3,(H,15,16,17). The number of ether oxygens (including phenoxy) is 1. The average Bonchev–Trinajstić information content (AvgIpc) is 2.44. The maximum Gasteiger partial charge on any atom is 0.133 e. The molecule has 0 unspecified atom stereocenters. The predicted octanol–water partition coefficient (Wildman–Crippen LogP) is 3.13. The number of hydrogen-bond donors (Lipinski definition) is 1. The van der Waals surface area contributed by atoms with Crippen molar-refractivity contribution in [2.24, 2.45) is 0 Å². The Hall–Kier alpha value is -0.810. The highest BCUT2D eigenvalue weighted by Gasteiger charge is 2.19. The molecule has 106 valence electrons. The molecule has 2 heterocycles. The highest BCUT2D eigenvalue weighted by Crippen LogP contribution is 2.33. The van der Waals surface area contributed by atoms with Crippen LogP contribution < -0.4 is 5.32 Å². The molecule has 19 heavy (non-hydrogen) atoms. The van der Waals surface area contributed by atoms with Gasteiger partial charge in [-0.2, -0.15) is 0 Å². The summed E-state index contributed by atoms with van der Waals surface area (Å²) < 4.78 is 5.42. The highest BCUT2D eigenvalue weighted by atomic mass is 32.2. The third-order valence-corrected chi connectivity index (χ3v) is 4.58. The Morgan fingerprint density at radius 2 is 2.11 bits per heavy atom. The van der Waals surface area contributed by atoms with Gasteiger partial charge in [0.05, 0.1) is 0 Å². The van der Waals surface area contributed by atoms with E-state index in [4.69, 9.17) is 4.74 Å². The largest absolute Gasteiger partial charge is 0.381 e. The molecule has 0 amide bonds. The number of thioether (sulfide) groups is 1. The monoisotopic (exact) mass is 281 g/mol. The van der Waals surface area contributed by atoms with Crippen LogP contribution >= 0.6 is 11.8 Å². The first-order chi connectivity index (χ1) is 9.35. The second-order valence-electron chi connectivity index (χ2n) is 4.72. The van der Waals surface area contributed by atoms with E-state index in [1.54, 1.807) is 6.33 Å². The zero-order chi connectivity index (χ0) is 13.5. The van der Waals surface area contributed by atoms with E-state index in [0.717, 1.165) is 56.3 Å². The molecule has 0 aromatic carbocycles. The molecule has 1 aromatic rings. The lowest BCUT2D eigenvalue weighted by atomic mass is 10.2. The lowest BCUT2D eigenvalue weighted by Gasteiger charge is -2.22. The van der Waals surface area contributed by atoms with E-state index in [1.165, 1.54) is 5.56 Å². The van der Waals surface area contributed by atoms with Gasteiger partial charge in [-0.15, -0.1) is 11.8 Å². The van der Waals surface area contributed by atoms with Gasteiger partial charge in [0, 0.05) is 30.6 Å². The third kappa shape index (κ3) is 4.08. The summed E-state index contributed by atoms with van der Waals surface area (Å²) in [5.41, 5.74) is 1.28. The summed E-state index contributed by atoms with van der Waals surface area (Å²) in [6.45, 7) is 6.96. The summed E-state index contributed by atoms with van der Waals surface area (Å²) in [5, 5.41) is 5.14. The van der Waals surface area contributed by atoms with Crippen LogP contribution in [0.15, 0.2) is 11.4 Å². The summed E-state index contributed by atoms with van der Waals surface area (Å²) in [5.74, 6) is 1.01. The molecule has 0 aliphatic carbocycles. The van der Waals surface area contributed by atoms with Crippen molar-refractivity contribution in [1.82, 2.24) is 9.97 Å². The molecule has 1 aromatic heterocycles. The van der Waals surface area contributed by atoms with Gasteiger partial charge in [-0.1, -0.05) is 13.3 Å². The average molecular weight is 281 g/mol. The Kier molecular flexibility index (Phi) is 5.92. The summed E-state index contributed by atoms with van der Waals surface area (Å²) >= 11 is 1.90. The van der Waals surface area contributed by atoms with Crippen molar-refractivity contribution in [2.75, 3.05) is 25.1 Å². The molecule has 0 saturated carbocycles. The van der Waals surface area contributed by atoms with Gasteiger partial charge in [0.1, 0.15) is 17.2 Å². The SMILES string of the molecule is CCCc1c(NCC)ncnc1SC1CCOCC1. The molecule has 0 spiro atoms. The third-order valence-electron chi connectivity index (χ3n) is 3.20. The number of nitrogens with zero attached hydrogens (tertiary/aromatic N) is 2. The summed E-state index contributed by atoms with van der Waals surface area (Å²) in [6, 6.07) is 0. The van der Waals surface area contributed by atoms with Crippen molar-refractivity contribution < 1.29 is 4.74 Å². The fraction of sp³-hybridized carbons (Fsp3) is 0.714. The maximum absolute atomic E-state index is 5.42. The van der Waals surface area contributed by atoms with Gasteiger partial charge >= 0.3 is 0 Å². The molecule has 0 bridgehead atoms. The zero-order valence-corrected chi connectivity index (χ0v) is 12.6. The van der Waals surface area contributed by atoms with Gasteiger partial charge in [-0.25, -0.2) is 9.97 Å². The zero-order valence-electron chi connectivity index (χ0n) is 11.8. The van der Waals surface area contributed by atoms with Gasteiger partial charge in [-0.3, -0.25) is 0 Å². The van der Waals surface area contributed by atoms with E-state index in [0.29, 0.717) is 5.25 Å².